The fourth-order valence-electron chi connectivity index (χ4n) is 2.13. The molecule has 0 saturated heterocycles. The molecular formula is C12H12N8O4. The van der Waals surface area contributed by atoms with Gasteiger partial charge < -0.3 is 9.55 Å². The number of rotatable bonds is 0. The van der Waals surface area contributed by atoms with Crippen molar-refractivity contribution in [2.45, 2.75) is 0 Å². The second-order valence-corrected chi connectivity index (χ2v) is 4.88. The van der Waals surface area contributed by atoms with Gasteiger partial charge in [0.05, 0.1) is 12.7 Å². The van der Waals surface area contributed by atoms with Crippen LogP contribution >= 0.6 is 0 Å². The molecule has 0 bridgehead atoms. The van der Waals surface area contributed by atoms with Crippen LogP contribution in [0.15, 0.2) is 31.8 Å². The van der Waals surface area contributed by atoms with Gasteiger partial charge in [0.2, 0.25) is 0 Å². The third-order valence-corrected chi connectivity index (χ3v) is 3.30. The first-order valence-corrected chi connectivity index (χ1v) is 6.64. The Bertz CT molecular complexity index is 1260. The highest BCUT2D eigenvalue weighted by atomic mass is 16.2. The second-order valence-electron chi connectivity index (χ2n) is 4.88. The lowest BCUT2D eigenvalue weighted by Crippen LogP contribution is -2.28. The van der Waals surface area contributed by atoms with Crippen molar-refractivity contribution in [3.63, 3.8) is 0 Å². The van der Waals surface area contributed by atoms with Crippen LogP contribution in [-0.4, -0.2) is 39.0 Å². The number of nitrogens with zero attached hydrogens (tertiary/aromatic N) is 4. The van der Waals surface area contributed by atoms with Crippen LogP contribution < -0.4 is 22.5 Å². The molecule has 0 amide bonds. The Balaban J connectivity index is 0.000000143. The number of nitrogens with one attached hydrogen (secondary N) is 4. The van der Waals surface area contributed by atoms with Crippen LogP contribution in [0.5, 0.6) is 0 Å². The summed E-state index contributed by atoms with van der Waals surface area (Å²) >= 11 is 0. The predicted molar refractivity (Wildman–Crippen MR) is 83.9 cm³/mol. The van der Waals surface area contributed by atoms with E-state index in [1.807, 2.05) is 0 Å². The van der Waals surface area contributed by atoms with Gasteiger partial charge in [-0.3, -0.25) is 29.1 Å². The number of aryl methyl sites for hydroxylation is 2. The maximum atomic E-state index is 11.3. The van der Waals surface area contributed by atoms with Crippen LogP contribution in [0.1, 0.15) is 0 Å². The molecule has 4 aromatic heterocycles. The standard InChI is InChI=1S/C7H8N4O2.C5H4N4O2/c1-10-3-8-5-4(10)6(12)9-7(13)11(5)2;10-4-2-3(7-1-6-2)8-5(11)9-4/h3H,1-2H3,(H,9,12,13);1H,(H3,6,7,8,9,10,11). The average molecular weight is 332 g/mol. The molecule has 4 N–H and O–H groups in total. The summed E-state index contributed by atoms with van der Waals surface area (Å²) in [5.41, 5.74) is -0.494. The largest absolute Gasteiger partial charge is 0.339 e. The SMILES string of the molecule is Cn1cnc2c1c(=O)[nH]c(=O)n2C.O=c1[nH]c(=O)c2[nH]cnc2[nH]1. The van der Waals surface area contributed by atoms with Crippen LogP contribution in [-0.2, 0) is 14.1 Å². The number of aromatic nitrogens is 8. The normalized spacial score (nSPS) is 10.8. The Hall–Kier alpha value is -3.70. The highest BCUT2D eigenvalue weighted by molar-refractivity contribution is 5.69. The number of imidazole rings is 2. The molecule has 0 saturated carbocycles. The zero-order valence-electron chi connectivity index (χ0n) is 12.6. The zero-order chi connectivity index (χ0) is 17.4. The van der Waals surface area contributed by atoms with Gasteiger partial charge in [-0.25, -0.2) is 19.6 Å². The van der Waals surface area contributed by atoms with Gasteiger partial charge in [0, 0.05) is 14.1 Å². The quantitative estimate of drug-likeness (QED) is 0.288. The molecule has 0 unspecified atom stereocenters. The molecule has 0 atom stereocenters. The van der Waals surface area contributed by atoms with E-state index in [9.17, 15) is 19.2 Å². The Morgan fingerprint density at radius 1 is 0.958 bits per heavy atom. The molecule has 0 fully saturated rings. The molecule has 12 heteroatoms. The van der Waals surface area contributed by atoms with Crippen LogP contribution in [0, 0.1) is 0 Å². The highest BCUT2D eigenvalue weighted by Gasteiger charge is 2.08. The summed E-state index contributed by atoms with van der Waals surface area (Å²) in [7, 11) is 3.27. The molecule has 24 heavy (non-hydrogen) atoms. The summed E-state index contributed by atoms with van der Waals surface area (Å²) in [6.07, 6.45) is 2.84. The maximum Gasteiger partial charge on any atom is 0.329 e. The third-order valence-electron chi connectivity index (χ3n) is 3.30. The van der Waals surface area contributed by atoms with Crippen molar-refractivity contribution in [2.75, 3.05) is 0 Å². The van der Waals surface area contributed by atoms with Gasteiger partial charge in [0.1, 0.15) is 5.52 Å². The molecule has 124 valence electrons. The van der Waals surface area contributed by atoms with E-state index in [-0.39, 0.29) is 11.2 Å². The molecule has 4 aromatic rings. The molecule has 0 aliphatic rings. The summed E-state index contributed by atoms with van der Waals surface area (Å²) in [5.74, 6) is 0. The average Bonchev–Trinajstić information content (AvgIpc) is 3.12. The molecule has 0 radical (unpaired) electrons. The summed E-state index contributed by atoms with van der Waals surface area (Å²) < 4.78 is 2.88. The third kappa shape index (κ3) is 2.45. The van der Waals surface area contributed by atoms with Crippen LogP contribution in [0.3, 0.4) is 0 Å². The highest BCUT2D eigenvalue weighted by Crippen LogP contribution is 2.00. The van der Waals surface area contributed by atoms with Gasteiger partial charge in [-0.1, -0.05) is 0 Å². The first-order valence-electron chi connectivity index (χ1n) is 6.64. The maximum absolute atomic E-state index is 11.3. The van der Waals surface area contributed by atoms with E-state index < -0.39 is 22.5 Å². The van der Waals surface area contributed by atoms with E-state index in [0.717, 1.165) is 0 Å². The number of hydrogen-bond donors (Lipinski definition) is 4. The van der Waals surface area contributed by atoms with Crippen molar-refractivity contribution in [1.29, 1.82) is 0 Å². The van der Waals surface area contributed by atoms with Crippen LogP contribution in [0.4, 0.5) is 0 Å². The Labute approximate surface area is 130 Å². The molecule has 0 aliphatic carbocycles. The first-order chi connectivity index (χ1) is 11.4. The monoisotopic (exact) mass is 332 g/mol. The van der Waals surface area contributed by atoms with Crippen molar-refractivity contribution >= 4 is 22.3 Å². The van der Waals surface area contributed by atoms with E-state index >= 15 is 0 Å². The lowest BCUT2D eigenvalue weighted by molar-refractivity contribution is 0.829. The molecule has 0 aromatic carbocycles. The minimum Gasteiger partial charge on any atom is -0.339 e. The Kier molecular flexibility index (Phi) is 3.48. The number of hydrogen-bond acceptors (Lipinski definition) is 6. The lowest BCUT2D eigenvalue weighted by Gasteiger charge is -1.97. The molecule has 4 rings (SSSR count). The van der Waals surface area contributed by atoms with Gasteiger partial charge in [0.15, 0.2) is 16.8 Å². The van der Waals surface area contributed by atoms with Gasteiger partial charge in [0.25, 0.3) is 11.1 Å². The van der Waals surface area contributed by atoms with Gasteiger partial charge in [-0.15, -0.1) is 0 Å². The minimum atomic E-state index is -0.547. The summed E-state index contributed by atoms with van der Waals surface area (Å²) in [5, 5.41) is 0. The van der Waals surface area contributed by atoms with Crippen molar-refractivity contribution < 1.29 is 0 Å². The van der Waals surface area contributed by atoms with E-state index in [1.165, 1.54) is 17.2 Å². The summed E-state index contributed by atoms with van der Waals surface area (Å²) in [6, 6.07) is 0. The number of aromatic amines is 4. The Morgan fingerprint density at radius 3 is 2.46 bits per heavy atom. The predicted octanol–water partition coefficient (Wildman–Crippen LogP) is -2.10. The van der Waals surface area contributed by atoms with E-state index in [4.69, 9.17) is 0 Å². The summed E-state index contributed by atoms with van der Waals surface area (Å²) in [4.78, 5) is 60.8. The fraction of sp³-hybridized carbons (Fsp3) is 0.167. The van der Waals surface area contributed by atoms with Crippen molar-refractivity contribution in [1.82, 2.24) is 39.0 Å². The van der Waals surface area contributed by atoms with Gasteiger partial charge in [-0.05, 0) is 0 Å². The van der Waals surface area contributed by atoms with Gasteiger partial charge >= 0.3 is 11.4 Å². The van der Waals surface area contributed by atoms with Crippen molar-refractivity contribution in [2.24, 2.45) is 14.1 Å². The van der Waals surface area contributed by atoms with Crippen LogP contribution in [0.25, 0.3) is 22.3 Å². The van der Waals surface area contributed by atoms with Crippen molar-refractivity contribution in [3.8, 4) is 0 Å². The number of H-pyrrole nitrogens is 4. The number of fused-ring (bicyclic) bond motifs is 2. The smallest absolute Gasteiger partial charge is 0.329 e. The zero-order valence-corrected chi connectivity index (χ0v) is 12.6. The van der Waals surface area contributed by atoms with E-state index in [1.54, 1.807) is 18.7 Å². The lowest BCUT2D eigenvalue weighted by atomic mass is 10.5. The molecule has 4 heterocycles. The molecule has 12 nitrogen and oxygen atoms in total. The van der Waals surface area contributed by atoms with E-state index in [2.05, 4.69) is 29.9 Å². The Morgan fingerprint density at radius 2 is 1.71 bits per heavy atom. The fourth-order valence-corrected chi connectivity index (χ4v) is 2.13. The topological polar surface area (TPSA) is 167 Å². The van der Waals surface area contributed by atoms with Crippen molar-refractivity contribution in [3.05, 3.63) is 54.3 Å². The molecule has 0 aliphatic heterocycles. The molecule has 0 spiro atoms. The molecular weight excluding hydrogens is 320 g/mol. The van der Waals surface area contributed by atoms with E-state index in [0.29, 0.717) is 11.2 Å². The minimum absolute atomic E-state index is 0.277. The second kappa shape index (κ2) is 5.49. The van der Waals surface area contributed by atoms with Gasteiger partial charge in [-0.2, -0.15) is 0 Å². The summed E-state index contributed by atoms with van der Waals surface area (Å²) in [6.45, 7) is 0. The van der Waals surface area contributed by atoms with Crippen LogP contribution in [0.2, 0.25) is 0 Å². The first kappa shape index (κ1) is 15.2.